The van der Waals surface area contributed by atoms with E-state index in [-0.39, 0.29) is 24.1 Å². The second-order valence-electron chi connectivity index (χ2n) is 5.65. The Labute approximate surface area is 155 Å². The molecule has 0 heterocycles. The Balaban J connectivity index is 1.91. The fourth-order valence-electron chi connectivity index (χ4n) is 2.37. The zero-order valence-electron chi connectivity index (χ0n) is 14.8. The number of nitrogens with zero attached hydrogens (tertiary/aromatic N) is 1. The van der Waals surface area contributed by atoms with Crippen molar-refractivity contribution in [3.8, 4) is 17.6 Å². The molecule has 27 heavy (non-hydrogen) atoms. The first-order valence-electron chi connectivity index (χ1n) is 8.09. The van der Waals surface area contributed by atoms with E-state index in [4.69, 9.17) is 10.00 Å². The molecule has 0 radical (unpaired) electrons. The molecule has 1 atom stereocenters. The van der Waals surface area contributed by atoms with Crippen molar-refractivity contribution < 1.29 is 23.0 Å². The molecule has 8 heteroatoms. The fraction of sp³-hybridized carbons (Fsp3) is 0.263. The third-order valence-corrected chi connectivity index (χ3v) is 3.78. The Morgan fingerprint density at radius 2 is 1.89 bits per heavy atom. The van der Waals surface area contributed by atoms with Gasteiger partial charge >= 0.3 is 12.6 Å². The summed E-state index contributed by atoms with van der Waals surface area (Å²) in [6.45, 7) is -0.949. The predicted molar refractivity (Wildman–Crippen MR) is 94.6 cm³/mol. The number of benzene rings is 2. The van der Waals surface area contributed by atoms with E-state index in [1.165, 1.54) is 19.2 Å². The molecule has 0 aliphatic heterocycles. The molecule has 2 rings (SSSR count). The Kier molecular flexibility index (Phi) is 6.94. The lowest BCUT2D eigenvalue weighted by molar-refractivity contribution is -0.0512. The van der Waals surface area contributed by atoms with Crippen molar-refractivity contribution in [2.45, 2.75) is 26.1 Å². The van der Waals surface area contributed by atoms with Gasteiger partial charge in [0.15, 0.2) is 11.5 Å². The standard InChI is InChI=1S/C19H19F2N3O3/c1-12(15-6-3-13(10-22)4-7-15)24-19(25)23-11-14-5-8-16(27-18(20)21)17(9-14)26-2/h3-9,12,18H,11H2,1-2H3,(H2,23,24,25). The Hall–Kier alpha value is -3.34. The Bertz CT molecular complexity index is 820. The van der Waals surface area contributed by atoms with E-state index in [9.17, 15) is 13.6 Å². The minimum atomic E-state index is -2.95. The number of hydrogen-bond donors (Lipinski definition) is 2. The summed E-state index contributed by atoms with van der Waals surface area (Å²) < 4.78 is 34.1. The maximum Gasteiger partial charge on any atom is 0.387 e. The van der Waals surface area contributed by atoms with Gasteiger partial charge in [0.1, 0.15) is 0 Å². The molecule has 0 bridgehead atoms. The minimum Gasteiger partial charge on any atom is -0.493 e. The van der Waals surface area contributed by atoms with Crippen molar-refractivity contribution in [3.63, 3.8) is 0 Å². The van der Waals surface area contributed by atoms with Gasteiger partial charge in [-0.3, -0.25) is 0 Å². The number of rotatable bonds is 7. The molecule has 0 saturated carbocycles. The van der Waals surface area contributed by atoms with Crippen LogP contribution in [0.4, 0.5) is 13.6 Å². The molecule has 0 aromatic heterocycles. The number of ether oxygens (including phenoxy) is 2. The number of halogens is 2. The highest BCUT2D eigenvalue weighted by Crippen LogP contribution is 2.29. The van der Waals surface area contributed by atoms with Gasteiger partial charge in [0, 0.05) is 6.54 Å². The molecule has 2 aromatic carbocycles. The monoisotopic (exact) mass is 375 g/mol. The van der Waals surface area contributed by atoms with E-state index in [0.717, 1.165) is 5.56 Å². The van der Waals surface area contributed by atoms with Gasteiger partial charge in [-0.15, -0.1) is 0 Å². The molecule has 6 nitrogen and oxygen atoms in total. The topological polar surface area (TPSA) is 83.4 Å². The van der Waals surface area contributed by atoms with E-state index in [2.05, 4.69) is 15.4 Å². The number of methoxy groups -OCH3 is 1. The van der Waals surface area contributed by atoms with Gasteiger partial charge in [-0.2, -0.15) is 14.0 Å². The summed E-state index contributed by atoms with van der Waals surface area (Å²) >= 11 is 0. The van der Waals surface area contributed by atoms with Crippen LogP contribution in [0.3, 0.4) is 0 Å². The summed E-state index contributed by atoms with van der Waals surface area (Å²) in [5, 5.41) is 14.3. The number of nitrogens with one attached hydrogen (secondary N) is 2. The van der Waals surface area contributed by atoms with E-state index < -0.39 is 12.6 Å². The van der Waals surface area contributed by atoms with Crippen LogP contribution in [0.2, 0.25) is 0 Å². The molecule has 2 aromatic rings. The molecule has 0 aliphatic carbocycles. The normalized spacial score (nSPS) is 11.4. The quantitative estimate of drug-likeness (QED) is 0.772. The molecule has 0 aliphatic rings. The first kappa shape index (κ1) is 20.0. The number of carbonyl (C=O) groups is 1. The molecule has 2 amide bonds. The smallest absolute Gasteiger partial charge is 0.387 e. The van der Waals surface area contributed by atoms with Gasteiger partial charge in [0.05, 0.1) is 24.8 Å². The average Bonchev–Trinajstić information content (AvgIpc) is 2.66. The first-order valence-corrected chi connectivity index (χ1v) is 8.09. The maximum absolute atomic E-state index is 12.3. The lowest BCUT2D eigenvalue weighted by Gasteiger charge is -2.16. The van der Waals surface area contributed by atoms with Crippen molar-refractivity contribution >= 4 is 6.03 Å². The number of urea groups is 1. The molecule has 2 N–H and O–H groups in total. The van der Waals surface area contributed by atoms with Crippen molar-refractivity contribution in [1.82, 2.24) is 10.6 Å². The number of amides is 2. The highest BCUT2D eigenvalue weighted by molar-refractivity contribution is 5.74. The highest BCUT2D eigenvalue weighted by atomic mass is 19.3. The van der Waals surface area contributed by atoms with E-state index >= 15 is 0 Å². The molecule has 0 saturated heterocycles. The van der Waals surface area contributed by atoms with Crippen LogP contribution in [0.15, 0.2) is 42.5 Å². The molecule has 0 spiro atoms. The van der Waals surface area contributed by atoms with E-state index in [0.29, 0.717) is 11.1 Å². The maximum atomic E-state index is 12.3. The lowest BCUT2D eigenvalue weighted by atomic mass is 10.1. The molecule has 1 unspecified atom stereocenters. The number of nitriles is 1. The van der Waals surface area contributed by atoms with Crippen LogP contribution in [0.5, 0.6) is 11.5 Å². The molecular formula is C19H19F2N3O3. The third-order valence-electron chi connectivity index (χ3n) is 3.78. The number of carbonyl (C=O) groups excluding carboxylic acids is 1. The zero-order valence-corrected chi connectivity index (χ0v) is 14.8. The van der Waals surface area contributed by atoms with Gasteiger partial charge in [-0.25, -0.2) is 4.79 Å². The SMILES string of the molecule is COc1cc(CNC(=O)NC(C)c2ccc(C#N)cc2)ccc1OC(F)F. The predicted octanol–water partition coefficient (Wildman–Crippen LogP) is 3.73. The Morgan fingerprint density at radius 3 is 2.48 bits per heavy atom. The van der Waals surface area contributed by atoms with Crippen molar-refractivity contribution in [1.29, 1.82) is 5.26 Å². The van der Waals surface area contributed by atoms with Crippen LogP contribution in [0, 0.1) is 11.3 Å². The van der Waals surface area contributed by atoms with Gasteiger partial charge in [0.25, 0.3) is 0 Å². The zero-order chi connectivity index (χ0) is 19.8. The van der Waals surface area contributed by atoms with Gasteiger partial charge in [-0.1, -0.05) is 18.2 Å². The van der Waals surface area contributed by atoms with Gasteiger partial charge in [0.2, 0.25) is 0 Å². The van der Waals surface area contributed by atoms with Crippen molar-refractivity contribution in [3.05, 3.63) is 59.2 Å². The van der Waals surface area contributed by atoms with Gasteiger partial charge < -0.3 is 20.1 Å². The summed E-state index contributed by atoms with van der Waals surface area (Å²) in [4.78, 5) is 12.1. The molecule has 142 valence electrons. The Morgan fingerprint density at radius 1 is 1.19 bits per heavy atom. The minimum absolute atomic E-state index is 0.0739. The van der Waals surface area contributed by atoms with Crippen molar-refractivity contribution in [2.75, 3.05) is 7.11 Å². The van der Waals surface area contributed by atoms with Crippen LogP contribution in [0.25, 0.3) is 0 Å². The molecule has 0 fully saturated rings. The van der Waals surface area contributed by atoms with Crippen molar-refractivity contribution in [2.24, 2.45) is 0 Å². The summed E-state index contributed by atoms with van der Waals surface area (Å²) in [6.07, 6.45) is 0. The van der Waals surface area contributed by atoms with Crippen LogP contribution in [-0.4, -0.2) is 19.8 Å². The van der Waals surface area contributed by atoms with E-state index in [1.807, 2.05) is 13.0 Å². The number of alkyl halides is 2. The first-order chi connectivity index (χ1) is 12.9. The summed E-state index contributed by atoms with van der Waals surface area (Å²) in [7, 11) is 1.34. The van der Waals surface area contributed by atoms with Crippen LogP contribution in [0.1, 0.15) is 29.7 Å². The largest absolute Gasteiger partial charge is 0.493 e. The molecular weight excluding hydrogens is 356 g/mol. The lowest BCUT2D eigenvalue weighted by Crippen LogP contribution is -2.36. The fourth-order valence-corrected chi connectivity index (χ4v) is 2.37. The second-order valence-corrected chi connectivity index (χ2v) is 5.65. The summed E-state index contributed by atoms with van der Waals surface area (Å²) in [5.41, 5.74) is 2.07. The third kappa shape index (κ3) is 5.85. The summed E-state index contributed by atoms with van der Waals surface area (Å²) in [6, 6.07) is 12.7. The van der Waals surface area contributed by atoms with Crippen LogP contribution < -0.4 is 20.1 Å². The van der Waals surface area contributed by atoms with Gasteiger partial charge in [-0.05, 0) is 42.3 Å². The van der Waals surface area contributed by atoms with Crippen LogP contribution >= 0.6 is 0 Å². The summed E-state index contributed by atoms with van der Waals surface area (Å²) in [5.74, 6) is 0.0797. The highest BCUT2D eigenvalue weighted by Gasteiger charge is 2.12. The number of hydrogen-bond acceptors (Lipinski definition) is 4. The van der Waals surface area contributed by atoms with E-state index in [1.54, 1.807) is 30.3 Å². The second kappa shape index (κ2) is 9.38. The average molecular weight is 375 g/mol. The van der Waals surface area contributed by atoms with Crippen LogP contribution in [-0.2, 0) is 6.54 Å².